The summed E-state index contributed by atoms with van der Waals surface area (Å²) in [7, 11) is 2.03. The number of benzene rings is 2. The van der Waals surface area contributed by atoms with Gasteiger partial charge < -0.3 is 20.4 Å². The first-order chi connectivity index (χ1) is 13.6. The van der Waals surface area contributed by atoms with Crippen LogP contribution < -0.4 is 15.5 Å². The molecule has 0 radical (unpaired) electrons. The van der Waals surface area contributed by atoms with E-state index in [1.807, 2.05) is 54.2 Å². The number of amides is 1. The Morgan fingerprint density at radius 2 is 1.89 bits per heavy atom. The molecule has 1 aliphatic rings. The van der Waals surface area contributed by atoms with E-state index in [1.54, 1.807) is 6.07 Å². The molecule has 28 heavy (non-hydrogen) atoms. The van der Waals surface area contributed by atoms with Crippen LogP contribution in [0.2, 0.25) is 0 Å². The quantitative estimate of drug-likeness (QED) is 0.713. The van der Waals surface area contributed by atoms with Gasteiger partial charge in [-0.25, -0.2) is 14.5 Å². The number of imidazole rings is 1. The predicted molar refractivity (Wildman–Crippen MR) is 110 cm³/mol. The van der Waals surface area contributed by atoms with Crippen LogP contribution in [0.4, 0.5) is 4.79 Å². The molecule has 7 heteroatoms. The van der Waals surface area contributed by atoms with Crippen LogP contribution in [-0.4, -0.2) is 53.9 Å². The van der Waals surface area contributed by atoms with E-state index in [9.17, 15) is 4.79 Å². The first kappa shape index (κ1) is 18.3. The number of aromatic nitrogens is 2. The minimum atomic E-state index is -0.832. The lowest BCUT2D eigenvalue weighted by molar-refractivity contribution is 0.211. The van der Waals surface area contributed by atoms with Crippen LogP contribution in [0.3, 0.4) is 0 Å². The van der Waals surface area contributed by atoms with E-state index in [0.29, 0.717) is 5.75 Å². The van der Waals surface area contributed by atoms with Gasteiger partial charge in [-0.2, -0.15) is 0 Å². The maximum atomic E-state index is 11.4. The molecule has 1 aliphatic heterocycles. The SMILES string of the molecule is CN(CCN1CCCC1)n1c(-c2ccccc2)nc2cccc(OC(N)=O)c21. The van der Waals surface area contributed by atoms with Crippen LogP contribution in [0, 0.1) is 0 Å². The molecule has 1 fully saturated rings. The number of nitrogens with zero attached hydrogens (tertiary/aromatic N) is 4. The summed E-state index contributed by atoms with van der Waals surface area (Å²) < 4.78 is 7.31. The van der Waals surface area contributed by atoms with Crippen molar-refractivity contribution in [1.82, 2.24) is 14.6 Å². The van der Waals surface area contributed by atoms with Crippen molar-refractivity contribution in [3.8, 4) is 17.1 Å². The summed E-state index contributed by atoms with van der Waals surface area (Å²) in [6, 6.07) is 15.5. The maximum absolute atomic E-state index is 11.4. The molecule has 2 N–H and O–H groups in total. The van der Waals surface area contributed by atoms with Crippen LogP contribution in [0.15, 0.2) is 48.5 Å². The van der Waals surface area contributed by atoms with Crippen molar-refractivity contribution < 1.29 is 9.53 Å². The summed E-state index contributed by atoms with van der Waals surface area (Å²) in [5.41, 5.74) is 7.78. The average molecular weight is 379 g/mol. The number of nitrogens with two attached hydrogens (primary N) is 1. The van der Waals surface area contributed by atoms with Gasteiger partial charge >= 0.3 is 6.09 Å². The van der Waals surface area contributed by atoms with Crippen LogP contribution in [0.5, 0.6) is 5.75 Å². The van der Waals surface area contributed by atoms with Gasteiger partial charge in [-0.3, -0.25) is 0 Å². The van der Waals surface area contributed by atoms with Gasteiger partial charge in [0.2, 0.25) is 0 Å². The topological polar surface area (TPSA) is 76.6 Å². The highest BCUT2D eigenvalue weighted by Crippen LogP contribution is 2.31. The van der Waals surface area contributed by atoms with Crippen LogP contribution in [0.25, 0.3) is 22.4 Å². The van der Waals surface area contributed by atoms with E-state index < -0.39 is 6.09 Å². The van der Waals surface area contributed by atoms with Crippen LogP contribution in [-0.2, 0) is 0 Å². The van der Waals surface area contributed by atoms with Crippen molar-refractivity contribution in [2.45, 2.75) is 12.8 Å². The van der Waals surface area contributed by atoms with E-state index >= 15 is 0 Å². The Kier molecular flexibility index (Phi) is 5.16. The van der Waals surface area contributed by atoms with Crippen molar-refractivity contribution in [3.05, 3.63) is 48.5 Å². The van der Waals surface area contributed by atoms with Crippen molar-refractivity contribution in [1.29, 1.82) is 0 Å². The highest BCUT2D eigenvalue weighted by molar-refractivity contribution is 5.88. The number of fused-ring (bicyclic) bond motifs is 1. The normalized spacial score (nSPS) is 14.5. The summed E-state index contributed by atoms with van der Waals surface area (Å²) >= 11 is 0. The highest BCUT2D eigenvalue weighted by Gasteiger charge is 2.21. The summed E-state index contributed by atoms with van der Waals surface area (Å²) in [6.07, 6.45) is 1.70. The fourth-order valence-electron chi connectivity index (χ4n) is 3.77. The summed E-state index contributed by atoms with van der Waals surface area (Å²) in [5, 5.41) is 2.13. The Hall–Kier alpha value is -3.06. The first-order valence-corrected chi connectivity index (χ1v) is 9.61. The van der Waals surface area contributed by atoms with E-state index in [2.05, 4.69) is 9.91 Å². The molecule has 1 saturated heterocycles. The summed E-state index contributed by atoms with van der Waals surface area (Å²) in [6.45, 7) is 4.11. The van der Waals surface area contributed by atoms with Gasteiger partial charge in [0.05, 0.1) is 5.52 Å². The fourth-order valence-corrected chi connectivity index (χ4v) is 3.77. The predicted octanol–water partition coefficient (Wildman–Crippen LogP) is 2.82. The van der Waals surface area contributed by atoms with Crippen LogP contribution in [0.1, 0.15) is 12.8 Å². The van der Waals surface area contributed by atoms with E-state index in [1.165, 1.54) is 12.8 Å². The highest BCUT2D eigenvalue weighted by atomic mass is 16.5. The molecule has 0 saturated carbocycles. The van der Waals surface area contributed by atoms with Crippen molar-refractivity contribution in [2.75, 3.05) is 38.2 Å². The second kappa shape index (κ2) is 7.90. The third-order valence-electron chi connectivity index (χ3n) is 5.14. The lowest BCUT2D eigenvalue weighted by Gasteiger charge is -2.26. The zero-order valence-electron chi connectivity index (χ0n) is 16.0. The van der Waals surface area contributed by atoms with Gasteiger partial charge in [0.15, 0.2) is 11.6 Å². The molecule has 2 aromatic carbocycles. The van der Waals surface area contributed by atoms with E-state index in [-0.39, 0.29) is 0 Å². The third-order valence-corrected chi connectivity index (χ3v) is 5.14. The standard InChI is InChI=1S/C21H25N5O2/c1-24(14-15-25-12-5-6-13-25)26-19-17(10-7-11-18(19)28-21(22)27)23-20(26)16-8-3-2-4-9-16/h2-4,7-11H,5-6,12-15H2,1H3,(H2,22,27). The first-order valence-electron chi connectivity index (χ1n) is 9.61. The van der Waals surface area contributed by atoms with Crippen LogP contribution >= 0.6 is 0 Å². The number of carbonyl (C=O) groups is 1. The van der Waals surface area contributed by atoms with Gasteiger partial charge in [-0.15, -0.1) is 0 Å². The summed E-state index contributed by atoms with van der Waals surface area (Å²) in [4.78, 5) is 18.7. The molecule has 0 unspecified atom stereocenters. The zero-order valence-corrected chi connectivity index (χ0v) is 16.0. The van der Waals surface area contributed by atoms with Gasteiger partial charge in [-0.05, 0) is 38.1 Å². The second-order valence-corrected chi connectivity index (χ2v) is 7.09. The molecule has 4 rings (SSSR count). The number of likely N-dealkylation sites (N-methyl/N-ethyl adjacent to an activating group) is 1. The molecule has 7 nitrogen and oxygen atoms in total. The Balaban J connectivity index is 1.78. The Labute approximate surface area is 164 Å². The molecule has 1 aromatic heterocycles. The Morgan fingerprint density at radius 1 is 1.14 bits per heavy atom. The largest absolute Gasteiger partial charge is 0.410 e. The van der Waals surface area contributed by atoms with Crippen molar-refractivity contribution in [3.63, 3.8) is 0 Å². The minimum absolute atomic E-state index is 0.410. The number of rotatable bonds is 6. The number of para-hydroxylation sites is 1. The van der Waals surface area contributed by atoms with Gasteiger partial charge in [0, 0.05) is 25.7 Å². The third kappa shape index (κ3) is 3.66. The molecule has 1 amide bonds. The van der Waals surface area contributed by atoms with Crippen molar-refractivity contribution in [2.24, 2.45) is 5.73 Å². The average Bonchev–Trinajstić information content (AvgIpc) is 3.34. The molecular weight excluding hydrogens is 354 g/mol. The Morgan fingerprint density at radius 3 is 2.61 bits per heavy atom. The number of hydrogen-bond donors (Lipinski definition) is 1. The number of hydrogen-bond acceptors (Lipinski definition) is 5. The maximum Gasteiger partial charge on any atom is 0.410 e. The molecule has 0 bridgehead atoms. The molecule has 0 spiro atoms. The Bertz CT molecular complexity index is 964. The van der Waals surface area contributed by atoms with Gasteiger partial charge in [0.25, 0.3) is 0 Å². The van der Waals surface area contributed by atoms with Crippen molar-refractivity contribution >= 4 is 17.1 Å². The number of carbonyl (C=O) groups excluding carboxylic acids is 1. The monoisotopic (exact) mass is 379 g/mol. The number of primary amides is 1. The van der Waals surface area contributed by atoms with E-state index in [0.717, 1.165) is 48.6 Å². The number of ether oxygens (including phenoxy) is 1. The zero-order chi connectivity index (χ0) is 19.5. The summed E-state index contributed by atoms with van der Waals surface area (Å²) in [5.74, 6) is 1.22. The van der Waals surface area contributed by atoms with Gasteiger partial charge in [-0.1, -0.05) is 36.4 Å². The molecule has 0 aliphatic carbocycles. The minimum Gasteiger partial charge on any atom is -0.408 e. The number of likely N-dealkylation sites (tertiary alicyclic amines) is 1. The molecule has 3 aromatic rings. The fraction of sp³-hybridized carbons (Fsp3) is 0.333. The lowest BCUT2D eigenvalue weighted by atomic mass is 10.2. The smallest absolute Gasteiger partial charge is 0.408 e. The molecular formula is C21H25N5O2. The van der Waals surface area contributed by atoms with Gasteiger partial charge in [0.1, 0.15) is 5.52 Å². The molecule has 2 heterocycles. The second-order valence-electron chi connectivity index (χ2n) is 7.09. The molecule has 0 atom stereocenters. The lowest BCUT2D eigenvalue weighted by Crippen LogP contribution is -2.38. The van der Waals surface area contributed by atoms with E-state index in [4.69, 9.17) is 15.5 Å². The molecule has 146 valence electrons.